The van der Waals surface area contributed by atoms with Gasteiger partial charge < -0.3 is 20.5 Å². The molecule has 1 atom stereocenters. The average molecular weight is 304 g/mol. The van der Waals surface area contributed by atoms with Gasteiger partial charge in [-0.3, -0.25) is 9.59 Å². The first-order valence-electron chi connectivity index (χ1n) is 7.11. The van der Waals surface area contributed by atoms with Crippen LogP contribution in [0.2, 0.25) is 0 Å². The Bertz CT molecular complexity index is 639. The lowest BCUT2D eigenvalue weighted by Gasteiger charge is -2.38. The van der Waals surface area contributed by atoms with Crippen molar-refractivity contribution in [2.75, 3.05) is 5.32 Å². The molecular weight excluding hydrogens is 288 g/mol. The van der Waals surface area contributed by atoms with Crippen molar-refractivity contribution in [3.8, 4) is 5.75 Å². The van der Waals surface area contributed by atoms with E-state index in [1.807, 2.05) is 0 Å². The summed E-state index contributed by atoms with van der Waals surface area (Å²) in [6.07, 6.45) is 0.416. The number of carboxylic acids is 1. The molecule has 1 fully saturated rings. The van der Waals surface area contributed by atoms with E-state index in [-0.39, 0.29) is 6.42 Å². The maximum Gasteiger partial charge on any atom is 0.329 e. The number of aliphatic carboxylic acids is 1. The fourth-order valence-corrected chi connectivity index (χ4v) is 2.64. The monoisotopic (exact) mass is 304 g/mol. The number of nitrogens with one attached hydrogen (secondary N) is 2. The van der Waals surface area contributed by atoms with E-state index < -0.39 is 29.4 Å². The van der Waals surface area contributed by atoms with Gasteiger partial charge in [-0.25, -0.2) is 4.79 Å². The molecule has 22 heavy (non-hydrogen) atoms. The highest BCUT2D eigenvalue weighted by Crippen LogP contribution is 2.33. The highest BCUT2D eigenvalue weighted by atomic mass is 16.5. The standard InChI is InChI=1S/C15H16N2O5/c18-12(17-15(14(20)21)6-3-7-15)8-11-13(19)16-9-4-1-2-5-10(9)22-11/h1-2,4-5,11H,3,6-8H2,(H,16,19)(H,17,18)(H,20,21). The Morgan fingerprint density at radius 1 is 1.36 bits per heavy atom. The highest BCUT2D eigenvalue weighted by Gasteiger charge is 2.46. The van der Waals surface area contributed by atoms with Crippen molar-refractivity contribution in [3.63, 3.8) is 0 Å². The van der Waals surface area contributed by atoms with Crippen LogP contribution in [0.4, 0.5) is 5.69 Å². The van der Waals surface area contributed by atoms with Gasteiger partial charge in [-0.15, -0.1) is 0 Å². The molecular formula is C15H16N2O5. The Labute approximate surface area is 126 Å². The number of carboxylic acid groups (broad SMARTS) is 1. The van der Waals surface area contributed by atoms with Crippen LogP contribution in [0.5, 0.6) is 5.75 Å². The lowest BCUT2D eigenvalue weighted by atomic mass is 9.76. The van der Waals surface area contributed by atoms with Crippen LogP contribution in [0.25, 0.3) is 0 Å². The molecule has 1 unspecified atom stereocenters. The Morgan fingerprint density at radius 2 is 2.09 bits per heavy atom. The second-order valence-electron chi connectivity index (χ2n) is 5.59. The summed E-state index contributed by atoms with van der Waals surface area (Å²) in [5.74, 6) is -1.45. The molecule has 1 saturated carbocycles. The SMILES string of the molecule is O=C(CC1Oc2ccccc2NC1=O)NC1(C(=O)O)CCC1. The number of benzene rings is 1. The molecule has 0 radical (unpaired) electrons. The van der Waals surface area contributed by atoms with Crippen molar-refractivity contribution in [1.82, 2.24) is 5.32 Å². The van der Waals surface area contributed by atoms with E-state index in [1.165, 1.54) is 0 Å². The first kappa shape index (κ1) is 14.4. The molecule has 3 rings (SSSR count). The number of rotatable bonds is 4. The molecule has 116 valence electrons. The summed E-state index contributed by atoms with van der Waals surface area (Å²) < 4.78 is 5.52. The topological polar surface area (TPSA) is 105 Å². The van der Waals surface area contributed by atoms with Gasteiger partial charge >= 0.3 is 5.97 Å². The molecule has 0 spiro atoms. The lowest BCUT2D eigenvalue weighted by molar-refractivity contribution is -0.152. The minimum absolute atomic E-state index is 0.213. The Morgan fingerprint density at radius 3 is 2.73 bits per heavy atom. The molecule has 1 aromatic carbocycles. The molecule has 1 aliphatic carbocycles. The number of para-hydroxylation sites is 2. The van der Waals surface area contributed by atoms with Crippen molar-refractivity contribution < 1.29 is 24.2 Å². The lowest BCUT2D eigenvalue weighted by Crippen LogP contribution is -2.59. The normalized spacial score (nSPS) is 21.6. The van der Waals surface area contributed by atoms with Crippen molar-refractivity contribution in [2.45, 2.75) is 37.3 Å². The van der Waals surface area contributed by atoms with E-state index in [4.69, 9.17) is 4.74 Å². The van der Waals surface area contributed by atoms with E-state index in [2.05, 4.69) is 10.6 Å². The number of anilines is 1. The van der Waals surface area contributed by atoms with E-state index >= 15 is 0 Å². The summed E-state index contributed by atoms with van der Waals surface area (Å²) in [6.45, 7) is 0. The largest absolute Gasteiger partial charge is 0.480 e. The Kier molecular flexibility index (Phi) is 3.48. The van der Waals surface area contributed by atoms with E-state index in [0.717, 1.165) is 6.42 Å². The summed E-state index contributed by atoms with van der Waals surface area (Å²) in [5, 5.41) is 14.4. The minimum Gasteiger partial charge on any atom is -0.480 e. The fraction of sp³-hybridized carbons (Fsp3) is 0.400. The maximum absolute atomic E-state index is 12.0. The van der Waals surface area contributed by atoms with Gasteiger partial charge in [0, 0.05) is 0 Å². The van der Waals surface area contributed by atoms with Gasteiger partial charge in [0.2, 0.25) is 5.91 Å². The van der Waals surface area contributed by atoms with Crippen LogP contribution >= 0.6 is 0 Å². The maximum atomic E-state index is 12.0. The molecule has 0 saturated heterocycles. The molecule has 0 bridgehead atoms. The molecule has 7 nitrogen and oxygen atoms in total. The Balaban J connectivity index is 1.65. The van der Waals surface area contributed by atoms with Gasteiger partial charge in [0.1, 0.15) is 11.3 Å². The number of carbonyl (C=O) groups excluding carboxylic acids is 2. The van der Waals surface area contributed by atoms with E-state index in [0.29, 0.717) is 24.3 Å². The average Bonchev–Trinajstić information content (AvgIpc) is 2.43. The smallest absolute Gasteiger partial charge is 0.329 e. The Hall–Kier alpha value is -2.57. The van der Waals surface area contributed by atoms with Crippen LogP contribution in [0.3, 0.4) is 0 Å². The van der Waals surface area contributed by atoms with Gasteiger partial charge in [-0.05, 0) is 31.4 Å². The molecule has 1 aliphatic heterocycles. The summed E-state index contributed by atoms with van der Waals surface area (Å²) in [4.78, 5) is 35.2. The van der Waals surface area contributed by atoms with Crippen LogP contribution in [-0.4, -0.2) is 34.5 Å². The fourth-order valence-electron chi connectivity index (χ4n) is 2.64. The van der Waals surface area contributed by atoms with Crippen LogP contribution in [-0.2, 0) is 14.4 Å². The minimum atomic E-state index is -1.18. The van der Waals surface area contributed by atoms with Crippen molar-refractivity contribution in [3.05, 3.63) is 24.3 Å². The van der Waals surface area contributed by atoms with Gasteiger partial charge in [-0.2, -0.15) is 0 Å². The number of amides is 2. The van der Waals surface area contributed by atoms with E-state index in [9.17, 15) is 19.5 Å². The molecule has 2 aliphatic rings. The predicted molar refractivity (Wildman–Crippen MR) is 76.5 cm³/mol. The third-order valence-corrected chi connectivity index (χ3v) is 4.07. The van der Waals surface area contributed by atoms with E-state index in [1.54, 1.807) is 24.3 Å². The third kappa shape index (κ3) is 2.49. The summed E-state index contributed by atoms with van der Waals surface area (Å²) >= 11 is 0. The summed E-state index contributed by atoms with van der Waals surface area (Å²) in [5.41, 5.74) is -0.620. The first-order valence-corrected chi connectivity index (χ1v) is 7.11. The van der Waals surface area contributed by atoms with Gasteiger partial charge in [0.25, 0.3) is 5.91 Å². The summed E-state index contributed by atoms with van der Waals surface area (Å²) in [7, 11) is 0. The molecule has 2 amide bonds. The highest BCUT2D eigenvalue weighted by molar-refractivity contribution is 6.00. The van der Waals surface area contributed by atoms with Gasteiger partial charge in [0.15, 0.2) is 6.10 Å². The first-order chi connectivity index (χ1) is 10.5. The number of ether oxygens (including phenoxy) is 1. The van der Waals surface area contributed by atoms with Gasteiger partial charge in [-0.1, -0.05) is 12.1 Å². The number of hydrogen-bond donors (Lipinski definition) is 3. The number of hydrogen-bond acceptors (Lipinski definition) is 4. The van der Waals surface area contributed by atoms with Crippen molar-refractivity contribution >= 4 is 23.5 Å². The zero-order valence-corrected chi connectivity index (χ0v) is 11.8. The van der Waals surface area contributed by atoms with Crippen LogP contribution in [0.1, 0.15) is 25.7 Å². The quantitative estimate of drug-likeness (QED) is 0.766. The number of fused-ring (bicyclic) bond motifs is 1. The molecule has 0 aromatic heterocycles. The van der Waals surface area contributed by atoms with Crippen LogP contribution in [0, 0.1) is 0 Å². The second-order valence-corrected chi connectivity index (χ2v) is 5.59. The zero-order chi connectivity index (χ0) is 15.7. The van der Waals surface area contributed by atoms with Crippen molar-refractivity contribution in [2.24, 2.45) is 0 Å². The second kappa shape index (κ2) is 5.32. The number of carbonyl (C=O) groups is 3. The molecule has 7 heteroatoms. The predicted octanol–water partition coefficient (Wildman–Crippen LogP) is 0.900. The molecule has 3 N–H and O–H groups in total. The summed E-state index contributed by atoms with van der Waals surface area (Å²) in [6, 6.07) is 6.94. The van der Waals surface area contributed by atoms with Crippen LogP contribution in [0.15, 0.2) is 24.3 Å². The molecule has 1 heterocycles. The van der Waals surface area contributed by atoms with Gasteiger partial charge in [0.05, 0.1) is 12.1 Å². The molecule has 1 aromatic rings. The zero-order valence-electron chi connectivity index (χ0n) is 11.8. The van der Waals surface area contributed by atoms with Crippen molar-refractivity contribution in [1.29, 1.82) is 0 Å². The third-order valence-electron chi connectivity index (χ3n) is 4.07. The van der Waals surface area contributed by atoms with Crippen LogP contribution < -0.4 is 15.4 Å².